The molecule has 3 aromatic rings. The molecule has 0 aliphatic heterocycles. The molecule has 3 rings (SSSR count). The maximum Gasteiger partial charge on any atom is 0.144 e. The van der Waals surface area contributed by atoms with Crippen LogP contribution in [-0.4, -0.2) is 9.32 Å². The van der Waals surface area contributed by atoms with E-state index >= 15 is 0 Å². The van der Waals surface area contributed by atoms with E-state index in [4.69, 9.17) is 11.6 Å². The number of halogens is 1. The molecule has 0 spiro atoms. The molecule has 0 aliphatic carbocycles. The molecule has 0 saturated heterocycles. The molecule has 0 fully saturated rings. The van der Waals surface area contributed by atoms with E-state index in [0.717, 1.165) is 5.56 Å². The number of allylic oxidation sites excluding steroid dienone is 1. The van der Waals surface area contributed by atoms with Gasteiger partial charge in [-0.15, -0.1) is 0 Å². The zero-order chi connectivity index (χ0) is 22.4. The molecule has 0 bridgehead atoms. The Kier molecular flexibility index (Phi) is 7.26. The highest BCUT2D eigenvalue weighted by atomic mass is 35.5. The number of hydrogen-bond acceptors (Lipinski definition) is 4. The van der Waals surface area contributed by atoms with Crippen LogP contribution in [0.1, 0.15) is 22.6 Å². The first kappa shape index (κ1) is 22.3. The summed E-state index contributed by atoms with van der Waals surface area (Å²) in [5.74, 6) is -2.30. The van der Waals surface area contributed by atoms with Gasteiger partial charge in [0.25, 0.3) is 0 Å². The topological polar surface area (TPSA) is 84.9 Å². The van der Waals surface area contributed by atoms with Gasteiger partial charge in [-0.25, -0.2) is 4.21 Å². The molecule has 1 N–H and O–H groups in total. The highest BCUT2D eigenvalue weighted by Crippen LogP contribution is 2.40. The molecule has 0 saturated carbocycles. The maximum atomic E-state index is 13.7. The first-order valence-corrected chi connectivity index (χ1v) is 11.0. The molecule has 0 radical (unpaired) electrons. The molecule has 6 heteroatoms. The van der Waals surface area contributed by atoms with Gasteiger partial charge in [0.15, 0.2) is 0 Å². The molecular formula is C25H19ClN2O2S. The first-order valence-electron chi connectivity index (χ1n) is 9.48. The lowest BCUT2D eigenvalue weighted by molar-refractivity contribution is 0.502. The molecule has 0 amide bonds. The number of aryl methyl sites for hydroxylation is 1. The lowest BCUT2D eigenvalue weighted by Crippen LogP contribution is -2.18. The van der Waals surface area contributed by atoms with Gasteiger partial charge in [-0.05, 0) is 36.8 Å². The van der Waals surface area contributed by atoms with Crippen molar-refractivity contribution in [1.82, 2.24) is 0 Å². The van der Waals surface area contributed by atoms with Crippen molar-refractivity contribution in [2.45, 2.75) is 17.7 Å². The fraction of sp³-hybridized carbons (Fsp3) is 0.120. The summed E-state index contributed by atoms with van der Waals surface area (Å²) in [7, 11) is -1.83. The standard InChI is InChI=1S/C25H19ClN2O2S/c1-17-7-13-22(14-8-17)31(30)25(24(29)19-5-3-2-4-6-19)23(20(15-27)16-28)18-9-11-21(26)12-10-18/h2-14,20,23,29H,1H3/b25-24+. The van der Waals surface area contributed by atoms with Crippen molar-refractivity contribution in [2.75, 3.05) is 0 Å². The lowest BCUT2D eigenvalue weighted by Gasteiger charge is -2.23. The third-order valence-corrected chi connectivity index (χ3v) is 6.64. The van der Waals surface area contributed by atoms with Crippen molar-refractivity contribution in [1.29, 1.82) is 10.5 Å². The Morgan fingerprint density at radius 2 is 1.52 bits per heavy atom. The molecule has 4 nitrogen and oxygen atoms in total. The van der Waals surface area contributed by atoms with Crippen molar-refractivity contribution in [3.63, 3.8) is 0 Å². The van der Waals surface area contributed by atoms with Gasteiger partial charge in [0, 0.05) is 15.5 Å². The molecule has 0 aliphatic rings. The number of benzene rings is 3. The van der Waals surface area contributed by atoms with E-state index in [1.54, 1.807) is 66.7 Å². The minimum atomic E-state index is -1.83. The van der Waals surface area contributed by atoms with Crippen LogP contribution in [0.2, 0.25) is 5.02 Å². The SMILES string of the molecule is Cc1ccc(S(=O)/C(=C(/O)c2ccccc2)C(c2ccc(Cl)cc2)C(C#N)C#N)cc1. The molecule has 154 valence electrons. The Morgan fingerprint density at radius 3 is 2.06 bits per heavy atom. The van der Waals surface area contributed by atoms with E-state index in [2.05, 4.69) is 0 Å². The Labute approximate surface area is 189 Å². The summed E-state index contributed by atoms with van der Waals surface area (Å²) in [6.07, 6.45) is 0. The molecule has 0 heterocycles. The van der Waals surface area contributed by atoms with Crippen molar-refractivity contribution in [3.8, 4) is 12.1 Å². The maximum absolute atomic E-state index is 13.7. The lowest BCUT2D eigenvalue weighted by atomic mass is 9.86. The van der Waals surface area contributed by atoms with Crippen LogP contribution in [0.4, 0.5) is 0 Å². The Balaban J connectivity index is 2.29. The predicted molar refractivity (Wildman–Crippen MR) is 122 cm³/mol. The largest absolute Gasteiger partial charge is 0.506 e. The monoisotopic (exact) mass is 446 g/mol. The summed E-state index contributed by atoms with van der Waals surface area (Å²) in [4.78, 5) is 0.571. The van der Waals surface area contributed by atoms with Crippen LogP contribution < -0.4 is 0 Å². The van der Waals surface area contributed by atoms with Crippen LogP contribution in [0.15, 0.2) is 88.7 Å². The molecular weight excluding hydrogens is 428 g/mol. The molecule has 2 unspecified atom stereocenters. The normalized spacial score (nSPS) is 13.6. The van der Waals surface area contributed by atoms with Gasteiger partial charge >= 0.3 is 0 Å². The summed E-state index contributed by atoms with van der Waals surface area (Å²) >= 11 is 6.02. The zero-order valence-corrected chi connectivity index (χ0v) is 18.3. The summed E-state index contributed by atoms with van der Waals surface area (Å²) in [6.45, 7) is 1.92. The number of aliphatic hydroxyl groups is 1. The minimum absolute atomic E-state index is 0.102. The van der Waals surface area contributed by atoms with E-state index in [-0.39, 0.29) is 10.7 Å². The van der Waals surface area contributed by atoms with Crippen LogP contribution in [0.5, 0.6) is 0 Å². The summed E-state index contributed by atoms with van der Waals surface area (Å²) < 4.78 is 13.7. The first-order chi connectivity index (χ1) is 15.0. The second-order valence-electron chi connectivity index (χ2n) is 6.93. The molecule has 31 heavy (non-hydrogen) atoms. The van der Waals surface area contributed by atoms with E-state index in [9.17, 15) is 19.8 Å². The van der Waals surface area contributed by atoms with Gasteiger partial charge in [-0.2, -0.15) is 10.5 Å². The quantitative estimate of drug-likeness (QED) is 0.461. The third-order valence-electron chi connectivity index (χ3n) is 4.84. The second-order valence-corrected chi connectivity index (χ2v) is 8.81. The predicted octanol–water partition coefficient (Wildman–Crippen LogP) is 6.13. The average molecular weight is 447 g/mol. The van der Waals surface area contributed by atoms with Gasteiger partial charge in [0.05, 0.1) is 33.8 Å². The fourth-order valence-electron chi connectivity index (χ4n) is 3.22. The number of hydrogen-bond donors (Lipinski definition) is 1. The average Bonchev–Trinajstić information content (AvgIpc) is 2.80. The van der Waals surface area contributed by atoms with Crippen LogP contribution in [-0.2, 0) is 10.8 Å². The molecule has 2 atom stereocenters. The number of nitrogens with zero attached hydrogens (tertiary/aromatic N) is 2. The number of nitriles is 2. The Hall–Kier alpha value is -3.38. The van der Waals surface area contributed by atoms with E-state index < -0.39 is 22.6 Å². The highest BCUT2D eigenvalue weighted by molar-refractivity contribution is 7.89. The smallest absolute Gasteiger partial charge is 0.144 e. The summed E-state index contributed by atoms with van der Waals surface area (Å²) in [6, 6.07) is 26.4. The van der Waals surface area contributed by atoms with E-state index in [0.29, 0.717) is 21.0 Å². The van der Waals surface area contributed by atoms with E-state index in [1.165, 1.54) is 0 Å². The highest BCUT2D eigenvalue weighted by Gasteiger charge is 2.34. The van der Waals surface area contributed by atoms with Crippen LogP contribution >= 0.6 is 11.6 Å². The minimum Gasteiger partial charge on any atom is -0.506 e. The molecule has 0 aromatic heterocycles. The van der Waals surface area contributed by atoms with Gasteiger partial charge in [0.1, 0.15) is 11.7 Å². The van der Waals surface area contributed by atoms with Gasteiger partial charge in [0.2, 0.25) is 0 Å². The second kappa shape index (κ2) is 10.1. The van der Waals surface area contributed by atoms with E-state index in [1.807, 2.05) is 31.2 Å². The van der Waals surface area contributed by atoms with Crippen LogP contribution in [0, 0.1) is 35.5 Å². The van der Waals surface area contributed by atoms with Crippen molar-refractivity contribution in [3.05, 3.63) is 105 Å². The Morgan fingerprint density at radius 1 is 0.935 bits per heavy atom. The number of rotatable bonds is 6. The van der Waals surface area contributed by atoms with Crippen molar-refractivity contribution in [2.24, 2.45) is 5.92 Å². The van der Waals surface area contributed by atoms with Crippen LogP contribution in [0.3, 0.4) is 0 Å². The van der Waals surface area contributed by atoms with Crippen LogP contribution in [0.25, 0.3) is 5.76 Å². The zero-order valence-electron chi connectivity index (χ0n) is 16.7. The summed E-state index contributed by atoms with van der Waals surface area (Å²) in [5.41, 5.74) is 2.02. The Bertz CT molecular complexity index is 1180. The van der Waals surface area contributed by atoms with Crippen molar-refractivity contribution >= 4 is 28.2 Å². The van der Waals surface area contributed by atoms with Gasteiger partial charge < -0.3 is 5.11 Å². The van der Waals surface area contributed by atoms with Gasteiger partial charge in [-0.3, -0.25) is 0 Å². The summed E-state index contributed by atoms with van der Waals surface area (Å²) in [5, 5.41) is 31.1. The van der Waals surface area contributed by atoms with Crippen molar-refractivity contribution < 1.29 is 9.32 Å². The third kappa shape index (κ3) is 5.03. The molecule has 3 aromatic carbocycles. The van der Waals surface area contributed by atoms with Gasteiger partial charge in [-0.1, -0.05) is 71.8 Å². The fourth-order valence-corrected chi connectivity index (χ4v) is 4.78. The number of aliphatic hydroxyl groups excluding tert-OH is 1.